The highest BCUT2D eigenvalue weighted by Gasteiger charge is 2.48. The third kappa shape index (κ3) is 6.71. The van der Waals surface area contributed by atoms with Gasteiger partial charge in [0.2, 0.25) is 6.23 Å². The third-order valence-corrected chi connectivity index (χ3v) is 8.64. The van der Waals surface area contributed by atoms with Crippen molar-refractivity contribution in [2.45, 2.75) is 88.1 Å². The van der Waals surface area contributed by atoms with E-state index in [0.717, 1.165) is 58.4 Å². The molecule has 3 N–H and O–H groups in total. The quantitative estimate of drug-likeness (QED) is 0.220. The molecular weight excluding hydrogens is 488 g/mol. The average molecular weight is 527 g/mol. The van der Waals surface area contributed by atoms with Crippen molar-refractivity contribution < 1.29 is 22.3 Å². The second-order valence-corrected chi connectivity index (χ2v) is 11.0. The van der Waals surface area contributed by atoms with Crippen LogP contribution in [-0.4, -0.2) is 96.2 Å². The van der Waals surface area contributed by atoms with Gasteiger partial charge >= 0.3 is 6.18 Å². The minimum Gasteiger partial charge on any atom is -0.340 e. The van der Waals surface area contributed by atoms with E-state index in [2.05, 4.69) is 32.5 Å². The Bertz CT molecular complexity index is 702. The fraction of sp³-hybridized carbons (Fsp3) is 0.957. The van der Waals surface area contributed by atoms with Gasteiger partial charge in [0.1, 0.15) is 12.4 Å². The van der Waals surface area contributed by atoms with Crippen molar-refractivity contribution in [1.82, 2.24) is 25.6 Å². The van der Waals surface area contributed by atoms with E-state index in [1.165, 1.54) is 0 Å². The van der Waals surface area contributed by atoms with Crippen molar-refractivity contribution in [3.8, 4) is 0 Å². The van der Waals surface area contributed by atoms with Crippen molar-refractivity contribution in [3.05, 3.63) is 0 Å². The Kier molecular flexibility index (Phi) is 9.05. The van der Waals surface area contributed by atoms with E-state index in [1.54, 1.807) is 0 Å². The van der Waals surface area contributed by atoms with Gasteiger partial charge in [-0.25, -0.2) is 15.2 Å². The predicted octanol–water partition coefficient (Wildman–Crippen LogP) is 3.50. The summed E-state index contributed by atoms with van der Waals surface area (Å²) in [4.78, 5) is 6.58. The SMILES string of the molecule is CCN1CCN(C(=N)N(CC2CCC(C3NNC(C(F)(F)F)O3)CC2F)C2CCC(Cl)CC2)CC1. The maximum absolute atomic E-state index is 15.4. The first-order chi connectivity index (χ1) is 16.7. The zero-order valence-corrected chi connectivity index (χ0v) is 21.1. The molecule has 2 saturated heterocycles. The molecule has 2 aliphatic heterocycles. The summed E-state index contributed by atoms with van der Waals surface area (Å²) in [5.74, 6) is -0.112. The highest BCUT2D eigenvalue weighted by atomic mass is 35.5. The molecule has 0 amide bonds. The number of guanidine groups is 1. The molecule has 0 aromatic rings. The predicted molar refractivity (Wildman–Crippen MR) is 127 cm³/mol. The molecule has 4 rings (SSSR count). The minimum atomic E-state index is -4.51. The second-order valence-electron chi connectivity index (χ2n) is 10.4. The normalized spacial score (nSPS) is 37.4. The number of nitrogens with zero attached hydrogens (tertiary/aromatic N) is 3. The Labute approximate surface area is 210 Å². The number of alkyl halides is 5. The first-order valence-electron chi connectivity index (χ1n) is 13.0. The van der Waals surface area contributed by atoms with Gasteiger partial charge in [0, 0.05) is 56.0 Å². The Morgan fingerprint density at radius 1 is 1.06 bits per heavy atom. The van der Waals surface area contributed by atoms with Crippen LogP contribution in [0.1, 0.15) is 51.9 Å². The number of hydrogen-bond acceptors (Lipinski definition) is 5. The van der Waals surface area contributed by atoms with Crippen molar-refractivity contribution in [2.24, 2.45) is 11.8 Å². The van der Waals surface area contributed by atoms with Crippen LogP contribution < -0.4 is 10.9 Å². The Morgan fingerprint density at radius 3 is 2.31 bits per heavy atom. The molecule has 202 valence electrons. The Morgan fingerprint density at radius 2 is 1.74 bits per heavy atom. The van der Waals surface area contributed by atoms with Crippen molar-refractivity contribution in [1.29, 1.82) is 5.41 Å². The largest absolute Gasteiger partial charge is 0.429 e. The molecule has 2 saturated carbocycles. The van der Waals surface area contributed by atoms with Crippen LogP contribution in [0.3, 0.4) is 0 Å². The molecule has 12 heteroatoms. The van der Waals surface area contributed by atoms with E-state index >= 15 is 4.39 Å². The number of ether oxygens (including phenoxy) is 1. The van der Waals surface area contributed by atoms with Crippen molar-refractivity contribution in [2.75, 3.05) is 39.3 Å². The summed E-state index contributed by atoms with van der Waals surface area (Å²) in [5, 5.41) is 9.18. The number of piperazine rings is 1. The summed E-state index contributed by atoms with van der Waals surface area (Å²) in [7, 11) is 0. The van der Waals surface area contributed by atoms with Crippen LogP contribution in [0, 0.1) is 17.2 Å². The molecule has 4 aliphatic rings. The Hall–Kier alpha value is -0.880. The molecule has 0 aromatic carbocycles. The zero-order valence-electron chi connectivity index (χ0n) is 20.4. The standard InChI is InChI=1S/C23H39ClF4N6O/c1-2-32-9-11-33(12-10-32)22(29)34(18-7-5-17(24)6-8-18)14-16-4-3-15(13-19(16)25)20-30-31-21(35-20)23(26,27)28/h15-21,29-31H,2-14H2,1H3. The van der Waals surface area contributed by atoms with Crippen LogP contribution in [0.25, 0.3) is 0 Å². The number of hydrazine groups is 1. The van der Waals surface area contributed by atoms with Gasteiger partial charge in [0.15, 0.2) is 5.96 Å². The van der Waals surface area contributed by atoms with Gasteiger partial charge in [-0.2, -0.15) is 13.2 Å². The number of halogens is 5. The molecule has 5 atom stereocenters. The summed E-state index contributed by atoms with van der Waals surface area (Å²) in [6.07, 6.45) is -3.73. The molecule has 5 unspecified atom stereocenters. The van der Waals surface area contributed by atoms with Gasteiger partial charge in [-0.3, -0.25) is 5.41 Å². The number of rotatable bonds is 5. The molecule has 7 nitrogen and oxygen atoms in total. The summed E-state index contributed by atoms with van der Waals surface area (Å²) in [6, 6.07) is 0.170. The van der Waals surface area contributed by atoms with Crippen LogP contribution in [0.4, 0.5) is 17.6 Å². The van der Waals surface area contributed by atoms with E-state index in [-0.39, 0.29) is 29.7 Å². The summed E-state index contributed by atoms with van der Waals surface area (Å²) in [5.41, 5.74) is 4.69. The number of likely N-dealkylation sites (N-methyl/N-ethyl adjacent to an activating group) is 1. The maximum Gasteiger partial charge on any atom is 0.429 e. The van der Waals surface area contributed by atoms with Gasteiger partial charge in [-0.05, 0) is 51.5 Å². The monoisotopic (exact) mass is 526 g/mol. The van der Waals surface area contributed by atoms with Crippen LogP contribution >= 0.6 is 11.6 Å². The van der Waals surface area contributed by atoms with E-state index in [1.807, 2.05) is 0 Å². The highest BCUT2D eigenvalue weighted by molar-refractivity contribution is 6.20. The molecule has 4 fully saturated rings. The van der Waals surface area contributed by atoms with Crippen LogP contribution in [0.2, 0.25) is 0 Å². The molecule has 0 spiro atoms. The first kappa shape index (κ1) is 27.2. The van der Waals surface area contributed by atoms with Gasteiger partial charge in [0.05, 0.1) is 0 Å². The van der Waals surface area contributed by atoms with E-state index in [0.29, 0.717) is 25.3 Å². The van der Waals surface area contributed by atoms with E-state index in [4.69, 9.17) is 21.7 Å². The second kappa shape index (κ2) is 11.7. The molecule has 35 heavy (non-hydrogen) atoms. The number of nitrogens with one attached hydrogen (secondary N) is 3. The molecule has 0 bridgehead atoms. The van der Waals surface area contributed by atoms with Gasteiger partial charge in [-0.1, -0.05) is 6.92 Å². The van der Waals surface area contributed by atoms with Crippen molar-refractivity contribution in [3.63, 3.8) is 0 Å². The molecule has 0 aromatic heterocycles. The van der Waals surface area contributed by atoms with Crippen LogP contribution in [0.5, 0.6) is 0 Å². The summed E-state index contributed by atoms with van der Waals surface area (Å²) in [6.45, 7) is 7.01. The summed E-state index contributed by atoms with van der Waals surface area (Å²) < 4.78 is 59.2. The molecule has 2 aliphatic carbocycles. The first-order valence-corrected chi connectivity index (χ1v) is 13.4. The summed E-state index contributed by atoms with van der Waals surface area (Å²) >= 11 is 6.34. The highest BCUT2D eigenvalue weighted by Crippen LogP contribution is 2.37. The topological polar surface area (TPSA) is 66.9 Å². The fourth-order valence-corrected chi connectivity index (χ4v) is 6.17. The van der Waals surface area contributed by atoms with Crippen molar-refractivity contribution >= 4 is 17.6 Å². The third-order valence-electron chi connectivity index (χ3n) is 8.20. The maximum atomic E-state index is 15.4. The van der Waals surface area contributed by atoms with E-state index in [9.17, 15) is 13.2 Å². The van der Waals surface area contributed by atoms with Gasteiger partial charge in [-0.15, -0.1) is 11.6 Å². The van der Waals surface area contributed by atoms with E-state index < -0.39 is 24.8 Å². The van der Waals surface area contributed by atoms with Crippen LogP contribution in [-0.2, 0) is 4.74 Å². The average Bonchev–Trinajstić information content (AvgIpc) is 3.35. The smallest absolute Gasteiger partial charge is 0.340 e. The van der Waals surface area contributed by atoms with Gasteiger partial charge in [0.25, 0.3) is 0 Å². The zero-order chi connectivity index (χ0) is 25.2. The minimum absolute atomic E-state index is 0.152. The van der Waals surface area contributed by atoms with Gasteiger partial charge < -0.3 is 19.4 Å². The molecule has 2 heterocycles. The van der Waals surface area contributed by atoms with Crippen LogP contribution in [0.15, 0.2) is 0 Å². The molecule has 0 radical (unpaired) electrons. The molecular formula is C23H39ClF4N6O. The lowest BCUT2D eigenvalue weighted by Gasteiger charge is -2.45. The lowest BCUT2D eigenvalue weighted by molar-refractivity contribution is -0.225. The fourth-order valence-electron chi connectivity index (χ4n) is 5.92. The lowest BCUT2D eigenvalue weighted by atomic mass is 9.79. The Balaban J connectivity index is 1.36. The lowest BCUT2D eigenvalue weighted by Crippen LogP contribution is -2.57. The number of hydrogen-bond donors (Lipinski definition) is 3.